The Balaban J connectivity index is 2.26. The Morgan fingerprint density at radius 1 is 1.60 bits per heavy atom. The third-order valence-corrected chi connectivity index (χ3v) is 2.91. The lowest BCUT2D eigenvalue weighted by atomic mass is 10.4. The van der Waals surface area contributed by atoms with E-state index in [9.17, 15) is 13.9 Å². The molecule has 86 valence electrons. The maximum Gasteiger partial charge on any atom is 0.261 e. The fraction of sp³-hybridized carbons (Fsp3) is 0.667. The summed E-state index contributed by atoms with van der Waals surface area (Å²) in [5, 5.41) is 10.0. The Bertz CT molecular complexity index is 291. The SMILES string of the molecule is CC(O)c1cnc(CCOCC(F)F)s1. The van der Waals surface area contributed by atoms with Crippen LogP contribution in [0.5, 0.6) is 0 Å². The molecule has 0 saturated carbocycles. The molecule has 0 amide bonds. The summed E-state index contributed by atoms with van der Waals surface area (Å²) in [6, 6.07) is 0. The maximum atomic E-state index is 11.7. The van der Waals surface area contributed by atoms with Gasteiger partial charge in [-0.2, -0.15) is 0 Å². The molecule has 6 heteroatoms. The lowest BCUT2D eigenvalue weighted by Crippen LogP contribution is -2.06. The van der Waals surface area contributed by atoms with E-state index in [0.717, 1.165) is 9.88 Å². The number of aliphatic hydroxyl groups excluding tert-OH is 1. The van der Waals surface area contributed by atoms with Crippen LogP contribution in [0.25, 0.3) is 0 Å². The van der Waals surface area contributed by atoms with Gasteiger partial charge in [-0.15, -0.1) is 11.3 Å². The Morgan fingerprint density at radius 2 is 2.33 bits per heavy atom. The van der Waals surface area contributed by atoms with Crippen molar-refractivity contribution in [2.75, 3.05) is 13.2 Å². The van der Waals surface area contributed by atoms with Crippen LogP contribution in [0, 0.1) is 0 Å². The molecular formula is C9H13F2NO2S. The van der Waals surface area contributed by atoms with E-state index >= 15 is 0 Å². The van der Waals surface area contributed by atoms with Gasteiger partial charge in [0.2, 0.25) is 0 Å². The largest absolute Gasteiger partial charge is 0.388 e. The van der Waals surface area contributed by atoms with E-state index < -0.39 is 19.1 Å². The van der Waals surface area contributed by atoms with Crippen LogP contribution in [0.15, 0.2) is 6.20 Å². The molecule has 1 atom stereocenters. The second-order valence-corrected chi connectivity index (χ2v) is 4.20. The second-order valence-electron chi connectivity index (χ2n) is 3.05. The van der Waals surface area contributed by atoms with Gasteiger partial charge in [0, 0.05) is 12.6 Å². The van der Waals surface area contributed by atoms with Crippen molar-refractivity contribution >= 4 is 11.3 Å². The average molecular weight is 237 g/mol. The highest BCUT2D eigenvalue weighted by Gasteiger charge is 2.07. The minimum Gasteiger partial charge on any atom is -0.388 e. The molecule has 0 fully saturated rings. The van der Waals surface area contributed by atoms with Crippen molar-refractivity contribution in [3.05, 3.63) is 16.1 Å². The van der Waals surface area contributed by atoms with Crippen LogP contribution in [0.1, 0.15) is 22.9 Å². The fourth-order valence-corrected chi connectivity index (χ4v) is 1.80. The molecule has 0 bridgehead atoms. The van der Waals surface area contributed by atoms with Crippen LogP contribution in [-0.4, -0.2) is 29.7 Å². The number of alkyl halides is 2. The molecule has 1 rings (SSSR count). The van der Waals surface area contributed by atoms with Crippen molar-refractivity contribution in [1.82, 2.24) is 4.98 Å². The number of hydrogen-bond acceptors (Lipinski definition) is 4. The molecule has 0 spiro atoms. The third-order valence-electron chi connectivity index (χ3n) is 1.69. The zero-order chi connectivity index (χ0) is 11.3. The lowest BCUT2D eigenvalue weighted by Gasteiger charge is -2.00. The zero-order valence-electron chi connectivity index (χ0n) is 8.32. The zero-order valence-corrected chi connectivity index (χ0v) is 9.14. The summed E-state index contributed by atoms with van der Waals surface area (Å²) in [6.07, 6.45) is -0.852. The third kappa shape index (κ3) is 4.63. The summed E-state index contributed by atoms with van der Waals surface area (Å²) in [7, 11) is 0. The molecule has 1 heterocycles. The monoisotopic (exact) mass is 237 g/mol. The number of thiazole rings is 1. The first-order chi connectivity index (χ1) is 7.09. The first-order valence-electron chi connectivity index (χ1n) is 4.58. The van der Waals surface area contributed by atoms with Crippen molar-refractivity contribution in [3.63, 3.8) is 0 Å². The van der Waals surface area contributed by atoms with Gasteiger partial charge >= 0.3 is 0 Å². The molecule has 15 heavy (non-hydrogen) atoms. The number of hydrogen-bond donors (Lipinski definition) is 1. The van der Waals surface area contributed by atoms with E-state index in [4.69, 9.17) is 4.74 Å². The van der Waals surface area contributed by atoms with Gasteiger partial charge in [-0.1, -0.05) is 0 Å². The summed E-state index contributed by atoms with van der Waals surface area (Å²) in [5.74, 6) is 0. The number of halogens is 2. The molecule has 0 aliphatic rings. The van der Waals surface area contributed by atoms with Crippen LogP contribution in [0.3, 0.4) is 0 Å². The van der Waals surface area contributed by atoms with Crippen LogP contribution < -0.4 is 0 Å². The van der Waals surface area contributed by atoms with Gasteiger partial charge < -0.3 is 9.84 Å². The van der Waals surface area contributed by atoms with E-state index in [0.29, 0.717) is 6.42 Å². The molecule has 1 aromatic heterocycles. The van der Waals surface area contributed by atoms with Crippen LogP contribution in [0.4, 0.5) is 8.78 Å². The van der Waals surface area contributed by atoms with Gasteiger partial charge in [-0.05, 0) is 6.92 Å². The molecule has 0 aliphatic carbocycles. The molecule has 1 N–H and O–H groups in total. The van der Waals surface area contributed by atoms with Crippen LogP contribution >= 0.6 is 11.3 Å². The maximum absolute atomic E-state index is 11.7. The average Bonchev–Trinajstić information content (AvgIpc) is 2.60. The Kier molecular flexibility index (Phi) is 5.07. The van der Waals surface area contributed by atoms with Gasteiger partial charge in [0.15, 0.2) is 0 Å². The van der Waals surface area contributed by atoms with Crippen LogP contribution in [-0.2, 0) is 11.2 Å². The quantitative estimate of drug-likeness (QED) is 0.770. The predicted octanol–water partition coefficient (Wildman–Crippen LogP) is 2.02. The first kappa shape index (κ1) is 12.5. The summed E-state index contributed by atoms with van der Waals surface area (Å²) in [6.45, 7) is 1.36. The summed E-state index contributed by atoms with van der Waals surface area (Å²) in [4.78, 5) is 4.82. The van der Waals surface area contributed by atoms with Gasteiger partial charge in [-0.25, -0.2) is 13.8 Å². The minimum absolute atomic E-state index is 0.233. The normalized spacial score (nSPS) is 13.4. The summed E-state index contributed by atoms with van der Waals surface area (Å²) < 4.78 is 28.1. The van der Waals surface area contributed by atoms with Gasteiger partial charge in [0.05, 0.1) is 22.6 Å². The van der Waals surface area contributed by atoms with E-state index in [1.54, 1.807) is 13.1 Å². The first-order valence-corrected chi connectivity index (χ1v) is 5.40. The highest BCUT2D eigenvalue weighted by atomic mass is 32.1. The molecule has 3 nitrogen and oxygen atoms in total. The van der Waals surface area contributed by atoms with Crippen molar-refractivity contribution in [2.24, 2.45) is 0 Å². The van der Waals surface area contributed by atoms with E-state index in [-0.39, 0.29) is 6.61 Å². The number of aromatic nitrogens is 1. The fourth-order valence-electron chi connectivity index (χ4n) is 0.965. The molecular weight excluding hydrogens is 224 g/mol. The van der Waals surface area contributed by atoms with Crippen LogP contribution in [0.2, 0.25) is 0 Å². The minimum atomic E-state index is -2.42. The highest BCUT2D eigenvalue weighted by Crippen LogP contribution is 2.20. The summed E-state index contributed by atoms with van der Waals surface area (Å²) in [5.41, 5.74) is 0. The molecule has 1 aromatic rings. The number of ether oxygens (including phenoxy) is 1. The number of rotatable bonds is 6. The standard InChI is InChI=1S/C9H13F2NO2S/c1-6(13)7-4-12-9(15-7)2-3-14-5-8(10)11/h4,6,8,13H,2-3,5H2,1H3. The van der Waals surface area contributed by atoms with Gasteiger partial charge in [-0.3, -0.25) is 0 Å². The van der Waals surface area contributed by atoms with Gasteiger partial charge in [0.1, 0.15) is 6.61 Å². The molecule has 0 radical (unpaired) electrons. The Hall–Kier alpha value is -0.590. The van der Waals surface area contributed by atoms with Crippen molar-refractivity contribution in [2.45, 2.75) is 25.9 Å². The van der Waals surface area contributed by atoms with Crippen molar-refractivity contribution in [3.8, 4) is 0 Å². The van der Waals surface area contributed by atoms with E-state index in [1.165, 1.54) is 11.3 Å². The summed E-state index contributed by atoms with van der Waals surface area (Å²) >= 11 is 1.37. The molecule has 0 saturated heterocycles. The van der Waals surface area contributed by atoms with Crippen molar-refractivity contribution in [1.29, 1.82) is 0 Å². The topological polar surface area (TPSA) is 42.4 Å². The smallest absolute Gasteiger partial charge is 0.261 e. The Labute approximate surface area is 90.7 Å². The van der Waals surface area contributed by atoms with E-state index in [1.807, 2.05) is 0 Å². The molecule has 0 aliphatic heterocycles. The second kappa shape index (κ2) is 6.09. The molecule has 0 aromatic carbocycles. The Morgan fingerprint density at radius 3 is 2.87 bits per heavy atom. The van der Waals surface area contributed by atoms with Crippen molar-refractivity contribution < 1.29 is 18.6 Å². The number of aliphatic hydroxyl groups is 1. The predicted molar refractivity (Wildman–Crippen MR) is 53.3 cm³/mol. The highest BCUT2D eigenvalue weighted by molar-refractivity contribution is 7.11. The van der Waals surface area contributed by atoms with E-state index in [2.05, 4.69) is 4.98 Å². The molecule has 1 unspecified atom stereocenters. The lowest BCUT2D eigenvalue weighted by molar-refractivity contribution is 0.0187. The number of nitrogens with zero attached hydrogens (tertiary/aromatic N) is 1. The van der Waals surface area contributed by atoms with Gasteiger partial charge in [0.25, 0.3) is 6.43 Å².